The number of hydrogen-bond donors (Lipinski definition) is 11. The summed E-state index contributed by atoms with van der Waals surface area (Å²) in [4.78, 5) is 94.3. The van der Waals surface area contributed by atoms with E-state index in [4.69, 9.17) is 28.7 Å². The third-order valence-corrected chi connectivity index (χ3v) is 7.77. The van der Waals surface area contributed by atoms with Crippen molar-refractivity contribution in [1.29, 1.82) is 0 Å². The molecular formula is C34H57N11O8. The third kappa shape index (κ3) is 18.2. The molecule has 0 aliphatic carbocycles. The number of hydrogen-bond acceptors (Lipinski definition) is 10. The molecule has 7 amide bonds. The molecule has 0 aromatic heterocycles. The van der Waals surface area contributed by atoms with Gasteiger partial charge in [-0.15, -0.1) is 0 Å². The molecule has 16 N–H and O–H groups in total. The summed E-state index contributed by atoms with van der Waals surface area (Å²) in [5.74, 6) is -6.23. The van der Waals surface area contributed by atoms with E-state index in [-0.39, 0.29) is 63.0 Å². The number of amides is 7. The molecular weight excluding hydrogens is 690 g/mol. The van der Waals surface area contributed by atoms with E-state index in [2.05, 4.69) is 31.6 Å². The predicted octanol–water partition coefficient (Wildman–Crippen LogP) is -3.52. The van der Waals surface area contributed by atoms with Crippen molar-refractivity contribution in [3.63, 3.8) is 0 Å². The van der Waals surface area contributed by atoms with Crippen LogP contribution in [0.5, 0.6) is 0 Å². The van der Waals surface area contributed by atoms with Crippen molar-refractivity contribution in [2.75, 3.05) is 13.1 Å². The highest BCUT2D eigenvalue weighted by Gasteiger charge is 2.33. The van der Waals surface area contributed by atoms with Crippen molar-refractivity contribution in [1.82, 2.24) is 26.6 Å². The van der Waals surface area contributed by atoms with Gasteiger partial charge in [-0.2, -0.15) is 0 Å². The van der Waals surface area contributed by atoms with Gasteiger partial charge in [0.1, 0.15) is 36.3 Å². The van der Waals surface area contributed by atoms with Crippen LogP contribution in [0.3, 0.4) is 0 Å². The summed E-state index contributed by atoms with van der Waals surface area (Å²) in [6, 6.07) is 2.51. The zero-order chi connectivity index (χ0) is 40.2. The van der Waals surface area contributed by atoms with Crippen molar-refractivity contribution in [2.45, 2.75) is 103 Å². The van der Waals surface area contributed by atoms with Crippen LogP contribution in [0, 0.1) is 11.8 Å². The van der Waals surface area contributed by atoms with Crippen LogP contribution in [0.1, 0.15) is 65.4 Å². The zero-order valence-electron chi connectivity index (χ0n) is 30.8. The van der Waals surface area contributed by atoms with E-state index in [0.29, 0.717) is 5.56 Å². The lowest BCUT2D eigenvalue weighted by Gasteiger charge is -2.28. The van der Waals surface area contributed by atoms with Crippen molar-refractivity contribution in [3.05, 3.63) is 35.9 Å². The summed E-state index contributed by atoms with van der Waals surface area (Å²) in [5, 5.41) is 22.8. The first-order chi connectivity index (χ1) is 24.8. The number of nitrogens with two attached hydrogens (primary N) is 5. The standard InChI is InChI=1S/C34H57N11O8/c1-18(2)13-23(30(50)41-21(11-8-12-40-34(38)39)29(49)42-22(28(37)48)16-27(36)47)43-31(51)24(14-19(3)4)44-32(52)25(45-33(53)26(46)17-35)15-20-9-6-5-7-10-20/h5-7,9-10,18-19,21-26,46H,8,11-17,35H2,1-4H3,(H2,36,47)(H2,37,48)(H,41,50)(H,42,49)(H,43,51)(H,44,52)(H,45,53)(H4,38,39,40)/t21-,22-,23-,24-,25-,26?/m0/s1. The van der Waals surface area contributed by atoms with Crippen molar-refractivity contribution < 1.29 is 38.7 Å². The maximum atomic E-state index is 13.8. The SMILES string of the molecule is CC(C)C[C@H](NC(=O)[C@H](Cc1ccccc1)NC(=O)C(O)CN)C(=O)N[C@@H](CC(C)C)C(=O)N[C@@H](CCCN=C(N)N)C(=O)N[C@@H](CC(N)=O)C(N)=O. The highest BCUT2D eigenvalue weighted by Crippen LogP contribution is 2.12. The van der Waals surface area contributed by atoms with E-state index in [1.54, 1.807) is 30.3 Å². The summed E-state index contributed by atoms with van der Waals surface area (Å²) in [5.41, 5.74) is 27.4. The highest BCUT2D eigenvalue weighted by atomic mass is 16.3. The minimum absolute atomic E-state index is 0.0157. The second kappa shape index (κ2) is 23.3. The van der Waals surface area contributed by atoms with Gasteiger partial charge >= 0.3 is 0 Å². The molecule has 19 heteroatoms. The number of primary amides is 2. The van der Waals surface area contributed by atoms with E-state index in [1.807, 2.05) is 27.7 Å². The molecule has 1 unspecified atom stereocenters. The molecule has 1 aromatic rings. The average molecular weight is 748 g/mol. The van der Waals surface area contributed by atoms with Crippen LogP contribution < -0.4 is 55.3 Å². The Labute approximate surface area is 309 Å². The topological polar surface area (TPSA) is 342 Å². The lowest BCUT2D eigenvalue weighted by molar-refractivity contribution is -0.136. The Morgan fingerprint density at radius 1 is 0.660 bits per heavy atom. The fourth-order valence-electron chi connectivity index (χ4n) is 5.13. The summed E-state index contributed by atoms with van der Waals surface area (Å²) in [6.45, 7) is 7.01. The van der Waals surface area contributed by atoms with Crippen LogP contribution >= 0.6 is 0 Å². The molecule has 1 aromatic carbocycles. The highest BCUT2D eigenvalue weighted by molar-refractivity contribution is 5.97. The normalized spacial score (nSPS) is 14.4. The van der Waals surface area contributed by atoms with Gasteiger partial charge in [-0.1, -0.05) is 58.0 Å². The second-order valence-electron chi connectivity index (χ2n) is 13.5. The number of benzene rings is 1. The van der Waals surface area contributed by atoms with E-state index in [0.717, 1.165) is 0 Å². The molecule has 0 aliphatic rings. The van der Waals surface area contributed by atoms with Gasteiger partial charge in [-0.25, -0.2) is 0 Å². The Morgan fingerprint density at radius 2 is 1.11 bits per heavy atom. The number of aliphatic hydroxyl groups is 1. The third-order valence-electron chi connectivity index (χ3n) is 7.77. The van der Waals surface area contributed by atoms with E-state index < -0.39 is 84.1 Å². The minimum Gasteiger partial charge on any atom is -0.382 e. The van der Waals surface area contributed by atoms with Gasteiger partial charge < -0.3 is 60.4 Å². The number of carbonyl (C=O) groups is 7. The van der Waals surface area contributed by atoms with E-state index >= 15 is 0 Å². The fourth-order valence-corrected chi connectivity index (χ4v) is 5.13. The molecule has 1 rings (SSSR count). The molecule has 0 bridgehead atoms. The van der Waals surface area contributed by atoms with Crippen molar-refractivity contribution >= 4 is 47.3 Å². The number of aliphatic hydroxyl groups excluding tert-OH is 1. The summed E-state index contributed by atoms with van der Waals surface area (Å²) in [7, 11) is 0. The van der Waals surface area contributed by atoms with Crippen LogP contribution in [-0.2, 0) is 40.0 Å². The van der Waals surface area contributed by atoms with Crippen LogP contribution in [-0.4, -0.2) is 102 Å². The summed E-state index contributed by atoms with van der Waals surface area (Å²) >= 11 is 0. The molecule has 0 aliphatic heterocycles. The van der Waals surface area contributed by atoms with Crippen LogP contribution in [0.4, 0.5) is 0 Å². The Kier molecular flexibility index (Phi) is 20.1. The first kappa shape index (κ1) is 45.7. The number of guanidine groups is 1. The second-order valence-corrected chi connectivity index (χ2v) is 13.5. The van der Waals surface area contributed by atoms with Crippen molar-refractivity contribution in [3.8, 4) is 0 Å². The zero-order valence-corrected chi connectivity index (χ0v) is 30.8. The Balaban J connectivity index is 3.33. The maximum Gasteiger partial charge on any atom is 0.250 e. The molecule has 0 heterocycles. The predicted molar refractivity (Wildman–Crippen MR) is 197 cm³/mol. The van der Waals surface area contributed by atoms with Gasteiger partial charge in [-0.3, -0.25) is 38.6 Å². The molecule has 0 fully saturated rings. The first-order valence-electron chi connectivity index (χ1n) is 17.4. The van der Waals surface area contributed by atoms with E-state index in [9.17, 15) is 38.7 Å². The van der Waals surface area contributed by atoms with Gasteiger partial charge in [0, 0.05) is 19.5 Å². The van der Waals surface area contributed by atoms with Crippen LogP contribution in [0.25, 0.3) is 0 Å². The Bertz CT molecular complexity index is 1420. The van der Waals surface area contributed by atoms with Gasteiger partial charge in [0.05, 0.1) is 6.42 Å². The number of aliphatic imine (C=N–C) groups is 1. The molecule has 0 saturated heterocycles. The molecule has 19 nitrogen and oxygen atoms in total. The summed E-state index contributed by atoms with van der Waals surface area (Å²) < 4.78 is 0. The Morgan fingerprint density at radius 3 is 1.57 bits per heavy atom. The number of nitrogens with zero attached hydrogens (tertiary/aromatic N) is 1. The van der Waals surface area contributed by atoms with Gasteiger partial charge in [-0.05, 0) is 43.1 Å². The average Bonchev–Trinajstić information content (AvgIpc) is 3.07. The van der Waals surface area contributed by atoms with Gasteiger partial charge in [0.15, 0.2) is 5.96 Å². The number of carbonyl (C=O) groups excluding carboxylic acids is 7. The molecule has 53 heavy (non-hydrogen) atoms. The quantitative estimate of drug-likeness (QED) is 0.0280. The van der Waals surface area contributed by atoms with Gasteiger partial charge in [0.25, 0.3) is 5.91 Å². The van der Waals surface area contributed by atoms with Gasteiger partial charge in [0.2, 0.25) is 35.4 Å². The lowest BCUT2D eigenvalue weighted by Crippen LogP contribution is -2.60. The molecule has 6 atom stereocenters. The molecule has 0 saturated carbocycles. The lowest BCUT2D eigenvalue weighted by atomic mass is 9.98. The maximum absolute atomic E-state index is 13.8. The van der Waals surface area contributed by atoms with Crippen molar-refractivity contribution in [2.24, 2.45) is 45.5 Å². The van der Waals surface area contributed by atoms with Crippen LogP contribution in [0.15, 0.2) is 35.3 Å². The minimum atomic E-state index is -1.56. The fraction of sp³-hybridized carbons (Fsp3) is 0.588. The monoisotopic (exact) mass is 747 g/mol. The Hall–Kier alpha value is -5.30. The largest absolute Gasteiger partial charge is 0.382 e. The number of nitrogens with one attached hydrogen (secondary N) is 5. The molecule has 0 spiro atoms. The van der Waals surface area contributed by atoms with Crippen LogP contribution in [0.2, 0.25) is 0 Å². The van der Waals surface area contributed by atoms with E-state index in [1.165, 1.54) is 0 Å². The summed E-state index contributed by atoms with van der Waals surface area (Å²) in [6.07, 6.45) is -1.64. The smallest absolute Gasteiger partial charge is 0.250 e. The molecule has 296 valence electrons. The number of rotatable bonds is 24. The first-order valence-corrected chi connectivity index (χ1v) is 17.4. The molecule has 0 radical (unpaired) electrons.